The number of likely N-dealkylation sites (N-methyl/N-ethyl adjacent to an activating group) is 1. The van der Waals surface area contributed by atoms with E-state index < -0.39 is 0 Å². The molecule has 0 rings (SSSR count). The van der Waals surface area contributed by atoms with Crippen molar-refractivity contribution in [3.63, 3.8) is 0 Å². The van der Waals surface area contributed by atoms with E-state index in [-0.39, 0.29) is 5.60 Å². The van der Waals surface area contributed by atoms with E-state index in [1.807, 2.05) is 0 Å². The molecule has 0 aromatic carbocycles. The number of hydrogen-bond acceptors (Lipinski definition) is 3. The summed E-state index contributed by atoms with van der Waals surface area (Å²) in [6.45, 7) is 10.5. The fraction of sp³-hybridized carbons (Fsp3) is 1.00. The molecule has 1 N–H and O–H groups in total. The van der Waals surface area contributed by atoms with Crippen LogP contribution in [0.1, 0.15) is 20.8 Å². The van der Waals surface area contributed by atoms with Crippen LogP contribution in [0.3, 0.4) is 0 Å². The summed E-state index contributed by atoms with van der Waals surface area (Å²) in [6, 6.07) is 0. The van der Waals surface area contributed by atoms with Gasteiger partial charge in [0.1, 0.15) is 0 Å². The summed E-state index contributed by atoms with van der Waals surface area (Å²) in [4.78, 5) is 2.28. The van der Waals surface area contributed by atoms with Crippen LogP contribution in [-0.2, 0) is 4.74 Å². The van der Waals surface area contributed by atoms with E-state index >= 15 is 0 Å². The van der Waals surface area contributed by atoms with E-state index in [4.69, 9.17) is 4.74 Å². The third-order valence-corrected chi connectivity index (χ3v) is 2.31. The fourth-order valence-corrected chi connectivity index (χ4v) is 0.890. The van der Waals surface area contributed by atoms with Crippen molar-refractivity contribution in [2.45, 2.75) is 26.4 Å². The smallest absolute Gasteiger partial charge is 0.0746 e. The molecular formula is C10H24N2O. The van der Waals surface area contributed by atoms with Gasteiger partial charge >= 0.3 is 0 Å². The Labute approximate surface area is 82.4 Å². The van der Waals surface area contributed by atoms with Gasteiger partial charge in [0.05, 0.1) is 5.60 Å². The molecule has 0 fully saturated rings. The van der Waals surface area contributed by atoms with Crippen LogP contribution in [0.25, 0.3) is 0 Å². The van der Waals surface area contributed by atoms with E-state index in [2.05, 4.69) is 38.0 Å². The highest BCUT2D eigenvalue weighted by Gasteiger charge is 2.14. The fourth-order valence-electron chi connectivity index (χ4n) is 0.890. The lowest BCUT2D eigenvalue weighted by Crippen LogP contribution is -2.39. The van der Waals surface area contributed by atoms with Gasteiger partial charge in [0.15, 0.2) is 0 Å². The Kier molecular flexibility index (Phi) is 6.29. The predicted molar refractivity (Wildman–Crippen MR) is 57.1 cm³/mol. The topological polar surface area (TPSA) is 24.5 Å². The van der Waals surface area contributed by atoms with Gasteiger partial charge in [-0.2, -0.15) is 0 Å². The molecule has 0 aromatic heterocycles. The van der Waals surface area contributed by atoms with E-state index in [0.717, 1.165) is 26.2 Å². The lowest BCUT2D eigenvalue weighted by atomic mass is 10.1. The van der Waals surface area contributed by atoms with E-state index in [0.29, 0.717) is 0 Å². The first kappa shape index (κ1) is 12.9. The van der Waals surface area contributed by atoms with Crippen molar-refractivity contribution in [2.75, 3.05) is 40.3 Å². The Balaban J connectivity index is 3.35. The Bertz CT molecular complexity index is 126. The molecule has 3 heteroatoms. The standard InChI is InChI=1S/C10H24N2O/c1-6-12(4)8-7-11-9-10(2,3)13-5/h11H,6-9H2,1-5H3. The molecule has 3 nitrogen and oxygen atoms in total. The van der Waals surface area contributed by atoms with E-state index in [1.165, 1.54) is 0 Å². The van der Waals surface area contributed by atoms with Crippen LogP contribution in [0.2, 0.25) is 0 Å². The molecule has 0 aromatic rings. The lowest BCUT2D eigenvalue weighted by molar-refractivity contribution is 0.0231. The Morgan fingerprint density at radius 3 is 2.46 bits per heavy atom. The molecule has 0 aliphatic rings. The predicted octanol–water partition coefficient (Wildman–Crippen LogP) is 0.953. The zero-order valence-corrected chi connectivity index (χ0v) is 9.68. The monoisotopic (exact) mass is 188 g/mol. The molecule has 0 heterocycles. The summed E-state index contributed by atoms with van der Waals surface area (Å²) in [5, 5.41) is 3.38. The first-order valence-corrected chi connectivity index (χ1v) is 4.96. The Morgan fingerprint density at radius 2 is 2.00 bits per heavy atom. The van der Waals surface area contributed by atoms with Gasteiger partial charge in [0.2, 0.25) is 0 Å². The molecule has 0 atom stereocenters. The molecule has 0 radical (unpaired) electrons. The van der Waals surface area contributed by atoms with Crippen molar-refractivity contribution in [2.24, 2.45) is 0 Å². The average Bonchev–Trinajstić information content (AvgIpc) is 2.12. The average molecular weight is 188 g/mol. The largest absolute Gasteiger partial charge is 0.377 e. The maximum atomic E-state index is 5.29. The van der Waals surface area contributed by atoms with E-state index in [9.17, 15) is 0 Å². The minimum atomic E-state index is -0.0508. The summed E-state index contributed by atoms with van der Waals surface area (Å²) in [6.07, 6.45) is 0. The van der Waals surface area contributed by atoms with Gasteiger partial charge in [0.25, 0.3) is 0 Å². The van der Waals surface area contributed by atoms with Gasteiger partial charge < -0.3 is 15.0 Å². The van der Waals surface area contributed by atoms with Crippen molar-refractivity contribution in [1.82, 2.24) is 10.2 Å². The quantitative estimate of drug-likeness (QED) is 0.602. The van der Waals surface area contributed by atoms with Crippen LogP contribution in [0, 0.1) is 0 Å². The highest BCUT2D eigenvalue weighted by Crippen LogP contribution is 2.03. The third-order valence-electron chi connectivity index (χ3n) is 2.31. The first-order chi connectivity index (χ1) is 6.02. The number of nitrogens with one attached hydrogen (secondary N) is 1. The Morgan fingerprint density at radius 1 is 1.38 bits per heavy atom. The molecule has 80 valence electrons. The van der Waals surface area contributed by atoms with Gasteiger partial charge in [-0.15, -0.1) is 0 Å². The minimum Gasteiger partial charge on any atom is -0.377 e. The number of ether oxygens (including phenoxy) is 1. The molecule has 0 spiro atoms. The second kappa shape index (κ2) is 6.35. The third kappa shape index (κ3) is 6.99. The normalized spacial score (nSPS) is 12.5. The summed E-state index contributed by atoms with van der Waals surface area (Å²) in [5.41, 5.74) is -0.0508. The van der Waals surface area contributed by atoms with Crippen molar-refractivity contribution >= 4 is 0 Å². The van der Waals surface area contributed by atoms with Crippen molar-refractivity contribution in [3.05, 3.63) is 0 Å². The van der Waals surface area contributed by atoms with Crippen LogP contribution in [0.4, 0.5) is 0 Å². The van der Waals surface area contributed by atoms with Gasteiger partial charge in [-0.3, -0.25) is 0 Å². The van der Waals surface area contributed by atoms with Crippen LogP contribution in [0.5, 0.6) is 0 Å². The second-order valence-corrected chi connectivity index (χ2v) is 4.04. The first-order valence-electron chi connectivity index (χ1n) is 4.96. The summed E-state index contributed by atoms with van der Waals surface area (Å²) in [5.74, 6) is 0. The van der Waals surface area contributed by atoms with Gasteiger partial charge in [-0.1, -0.05) is 6.92 Å². The molecule has 0 aliphatic heterocycles. The van der Waals surface area contributed by atoms with Crippen LogP contribution in [-0.4, -0.2) is 50.8 Å². The summed E-state index contributed by atoms with van der Waals surface area (Å²) < 4.78 is 5.29. The number of methoxy groups -OCH3 is 1. The zero-order valence-electron chi connectivity index (χ0n) is 9.68. The van der Waals surface area contributed by atoms with Gasteiger partial charge in [-0.25, -0.2) is 0 Å². The molecule has 0 saturated heterocycles. The van der Waals surface area contributed by atoms with Crippen LogP contribution < -0.4 is 5.32 Å². The second-order valence-electron chi connectivity index (χ2n) is 4.04. The van der Waals surface area contributed by atoms with Crippen molar-refractivity contribution < 1.29 is 4.74 Å². The number of rotatable bonds is 7. The van der Waals surface area contributed by atoms with Crippen molar-refractivity contribution in [1.29, 1.82) is 0 Å². The highest BCUT2D eigenvalue weighted by molar-refractivity contribution is 4.71. The summed E-state index contributed by atoms with van der Waals surface area (Å²) in [7, 11) is 3.88. The molecule has 0 unspecified atom stereocenters. The number of nitrogens with zero attached hydrogens (tertiary/aromatic N) is 1. The lowest BCUT2D eigenvalue weighted by Gasteiger charge is -2.24. The maximum absolute atomic E-state index is 5.29. The number of hydrogen-bond donors (Lipinski definition) is 1. The van der Waals surface area contributed by atoms with Crippen LogP contribution in [0.15, 0.2) is 0 Å². The molecule has 0 aliphatic carbocycles. The van der Waals surface area contributed by atoms with Gasteiger partial charge in [0, 0.05) is 26.7 Å². The van der Waals surface area contributed by atoms with Crippen LogP contribution >= 0.6 is 0 Å². The Hall–Kier alpha value is -0.120. The maximum Gasteiger partial charge on any atom is 0.0746 e. The summed E-state index contributed by atoms with van der Waals surface area (Å²) >= 11 is 0. The highest BCUT2D eigenvalue weighted by atomic mass is 16.5. The SMILES string of the molecule is CCN(C)CCNCC(C)(C)OC. The molecule has 0 bridgehead atoms. The molecule has 13 heavy (non-hydrogen) atoms. The van der Waals surface area contributed by atoms with Gasteiger partial charge in [-0.05, 0) is 27.4 Å². The van der Waals surface area contributed by atoms with E-state index in [1.54, 1.807) is 7.11 Å². The molecule has 0 amide bonds. The van der Waals surface area contributed by atoms with Crippen molar-refractivity contribution in [3.8, 4) is 0 Å². The molecular weight excluding hydrogens is 164 g/mol. The zero-order chi connectivity index (χ0) is 10.3. The molecule has 0 saturated carbocycles. The minimum absolute atomic E-state index is 0.0508.